The van der Waals surface area contributed by atoms with Crippen molar-refractivity contribution in [2.45, 2.75) is 65.1 Å². The summed E-state index contributed by atoms with van der Waals surface area (Å²) in [5.41, 5.74) is 4.15. The standard InChI is InChI=1S/C19H28N2O/c1-14-4-6-17(12-15(14)2)13-20-10-8-18(9-11-20)21-16(3)5-7-19(21)22/h4,6,12,16,18H,5,7-11,13H2,1-3H3/t16-/m0/s1. The average Bonchev–Trinajstić information content (AvgIpc) is 2.83. The lowest BCUT2D eigenvalue weighted by atomic mass is 10.0. The van der Waals surface area contributed by atoms with Gasteiger partial charge >= 0.3 is 0 Å². The molecule has 0 spiro atoms. The van der Waals surface area contributed by atoms with Gasteiger partial charge in [-0.05, 0) is 56.7 Å². The summed E-state index contributed by atoms with van der Waals surface area (Å²) in [5.74, 6) is 0.375. The number of hydrogen-bond donors (Lipinski definition) is 0. The fourth-order valence-corrected chi connectivity index (χ4v) is 3.93. The molecular weight excluding hydrogens is 272 g/mol. The van der Waals surface area contributed by atoms with Gasteiger partial charge in [0, 0.05) is 38.1 Å². The number of carbonyl (C=O) groups is 1. The second kappa shape index (κ2) is 6.41. The SMILES string of the molecule is Cc1ccc(CN2CCC(N3C(=O)CC[C@@H]3C)CC2)cc1C. The minimum Gasteiger partial charge on any atom is -0.337 e. The van der Waals surface area contributed by atoms with Crippen LogP contribution in [0.2, 0.25) is 0 Å². The van der Waals surface area contributed by atoms with E-state index in [1.54, 1.807) is 0 Å². The Morgan fingerprint density at radius 2 is 1.82 bits per heavy atom. The van der Waals surface area contributed by atoms with Crippen molar-refractivity contribution in [1.82, 2.24) is 9.80 Å². The number of hydrogen-bond acceptors (Lipinski definition) is 2. The summed E-state index contributed by atoms with van der Waals surface area (Å²) in [7, 11) is 0. The van der Waals surface area contributed by atoms with Gasteiger partial charge in [-0.15, -0.1) is 0 Å². The maximum atomic E-state index is 12.0. The second-order valence-corrected chi connectivity index (χ2v) is 7.11. The molecule has 1 aromatic carbocycles. The molecule has 0 aromatic heterocycles. The lowest BCUT2D eigenvalue weighted by molar-refractivity contribution is -0.132. The predicted octanol–water partition coefficient (Wildman–Crippen LogP) is 3.28. The number of amides is 1. The molecule has 0 bridgehead atoms. The van der Waals surface area contributed by atoms with Crippen molar-refractivity contribution in [1.29, 1.82) is 0 Å². The Balaban J connectivity index is 1.55. The number of rotatable bonds is 3. The Morgan fingerprint density at radius 3 is 2.41 bits per heavy atom. The van der Waals surface area contributed by atoms with Crippen LogP contribution in [0.5, 0.6) is 0 Å². The largest absolute Gasteiger partial charge is 0.337 e. The molecule has 3 rings (SSSR count). The van der Waals surface area contributed by atoms with E-state index in [-0.39, 0.29) is 0 Å². The monoisotopic (exact) mass is 300 g/mol. The highest BCUT2D eigenvalue weighted by Gasteiger charge is 2.35. The second-order valence-electron chi connectivity index (χ2n) is 7.11. The van der Waals surface area contributed by atoms with Crippen LogP contribution >= 0.6 is 0 Å². The molecule has 2 aliphatic heterocycles. The van der Waals surface area contributed by atoms with Gasteiger partial charge in [0.15, 0.2) is 0 Å². The number of carbonyl (C=O) groups excluding carboxylic acids is 1. The topological polar surface area (TPSA) is 23.6 Å². The van der Waals surface area contributed by atoms with Gasteiger partial charge in [0.1, 0.15) is 0 Å². The van der Waals surface area contributed by atoms with Crippen LogP contribution < -0.4 is 0 Å². The lowest BCUT2D eigenvalue weighted by Crippen LogP contribution is -2.47. The van der Waals surface area contributed by atoms with Gasteiger partial charge in [0.05, 0.1) is 0 Å². The summed E-state index contributed by atoms with van der Waals surface area (Å²) in [5, 5.41) is 0. The first-order valence-corrected chi connectivity index (χ1v) is 8.64. The smallest absolute Gasteiger partial charge is 0.223 e. The van der Waals surface area contributed by atoms with Gasteiger partial charge in [0.2, 0.25) is 5.91 Å². The zero-order valence-electron chi connectivity index (χ0n) is 14.1. The zero-order chi connectivity index (χ0) is 15.7. The van der Waals surface area contributed by atoms with Gasteiger partial charge in [-0.1, -0.05) is 18.2 Å². The van der Waals surface area contributed by atoms with Crippen LogP contribution in [0.15, 0.2) is 18.2 Å². The third-order valence-corrected chi connectivity index (χ3v) is 5.47. The highest BCUT2D eigenvalue weighted by Crippen LogP contribution is 2.27. The molecule has 2 aliphatic rings. The lowest BCUT2D eigenvalue weighted by Gasteiger charge is -2.38. The first kappa shape index (κ1) is 15.5. The van der Waals surface area contributed by atoms with Crippen LogP contribution in [0.3, 0.4) is 0 Å². The van der Waals surface area contributed by atoms with Crippen LogP contribution in [0, 0.1) is 13.8 Å². The van der Waals surface area contributed by atoms with E-state index in [9.17, 15) is 4.79 Å². The molecule has 2 fully saturated rings. The number of aryl methyl sites for hydroxylation is 2. The third kappa shape index (κ3) is 3.19. The number of nitrogens with zero attached hydrogens (tertiary/aromatic N) is 2. The molecule has 0 N–H and O–H groups in total. The van der Waals surface area contributed by atoms with Crippen molar-refractivity contribution in [2.75, 3.05) is 13.1 Å². The summed E-state index contributed by atoms with van der Waals surface area (Å²) >= 11 is 0. The molecule has 0 unspecified atom stereocenters. The molecule has 0 radical (unpaired) electrons. The van der Waals surface area contributed by atoms with E-state index in [0.717, 1.165) is 45.3 Å². The van der Waals surface area contributed by atoms with Crippen LogP contribution in [-0.2, 0) is 11.3 Å². The Morgan fingerprint density at radius 1 is 1.09 bits per heavy atom. The average molecular weight is 300 g/mol. The number of likely N-dealkylation sites (tertiary alicyclic amines) is 2. The van der Waals surface area contributed by atoms with Crippen molar-refractivity contribution < 1.29 is 4.79 Å². The van der Waals surface area contributed by atoms with Crippen LogP contribution in [-0.4, -0.2) is 40.9 Å². The Hall–Kier alpha value is -1.35. The van der Waals surface area contributed by atoms with Gasteiger partial charge < -0.3 is 4.90 Å². The molecular formula is C19H28N2O. The van der Waals surface area contributed by atoms with Gasteiger partial charge in [0.25, 0.3) is 0 Å². The summed E-state index contributed by atoms with van der Waals surface area (Å²) in [6.45, 7) is 9.80. The molecule has 1 amide bonds. The Bertz CT molecular complexity index is 546. The Labute approximate surface area is 134 Å². The fourth-order valence-electron chi connectivity index (χ4n) is 3.93. The van der Waals surface area contributed by atoms with E-state index >= 15 is 0 Å². The third-order valence-electron chi connectivity index (χ3n) is 5.47. The van der Waals surface area contributed by atoms with Gasteiger partial charge in [-0.3, -0.25) is 9.69 Å². The summed E-state index contributed by atoms with van der Waals surface area (Å²) < 4.78 is 0. The molecule has 2 heterocycles. The number of benzene rings is 1. The summed E-state index contributed by atoms with van der Waals surface area (Å²) in [4.78, 5) is 16.7. The Kier molecular flexibility index (Phi) is 4.53. The van der Waals surface area contributed by atoms with Crippen LogP contribution in [0.4, 0.5) is 0 Å². The predicted molar refractivity (Wildman–Crippen MR) is 89.8 cm³/mol. The van der Waals surface area contributed by atoms with E-state index in [4.69, 9.17) is 0 Å². The van der Waals surface area contributed by atoms with Gasteiger partial charge in [-0.25, -0.2) is 0 Å². The fraction of sp³-hybridized carbons (Fsp3) is 0.632. The van der Waals surface area contributed by atoms with Crippen molar-refractivity contribution in [3.8, 4) is 0 Å². The quantitative estimate of drug-likeness (QED) is 0.855. The highest BCUT2D eigenvalue weighted by atomic mass is 16.2. The minimum absolute atomic E-state index is 0.375. The minimum atomic E-state index is 0.375. The highest BCUT2D eigenvalue weighted by molar-refractivity contribution is 5.79. The molecule has 120 valence electrons. The normalized spacial score (nSPS) is 24.2. The van der Waals surface area contributed by atoms with E-state index in [1.165, 1.54) is 16.7 Å². The van der Waals surface area contributed by atoms with Crippen molar-refractivity contribution in [3.05, 3.63) is 34.9 Å². The summed E-state index contributed by atoms with van der Waals surface area (Å²) in [6, 6.07) is 7.71. The zero-order valence-corrected chi connectivity index (χ0v) is 14.1. The van der Waals surface area contributed by atoms with Crippen LogP contribution in [0.1, 0.15) is 49.3 Å². The van der Waals surface area contributed by atoms with E-state index < -0.39 is 0 Å². The summed E-state index contributed by atoms with van der Waals surface area (Å²) in [6.07, 6.45) is 4.05. The van der Waals surface area contributed by atoms with E-state index in [2.05, 4.69) is 48.8 Å². The maximum absolute atomic E-state index is 12.0. The molecule has 1 aromatic rings. The first-order chi connectivity index (χ1) is 10.5. The van der Waals surface area contributed by atoms with Crippen molar-refractivity contribution in [2.24, 2.45) is 0 Å². The van der Waals surface area contributed by atoms with Crippen molar-refractivity contribution >= 4 is 5.91 Å². The molecule has 3 heteroatoms. The van der Waals surface area contributed by atoms with E-state index in [1.807, 2.05) is 0 Å². The van der Waals surface area contributed by atoms with Crippen molar-refractivity contribution in [3.63, 3.8) is 0 Å². The van der Waals surface area contributed by atoms with E-state index in [0.29, 0.717) is 18.0 Å². The number of piperidine rings is 1. The molecule has 3 nitrogen and oxygen atoms in total. The molecule has 0 saturated carbocycles. The molecule has 0 aliphatic carbocycles. The first-order valence-electron chi connectivity index (χ1n) is 8.64. The molecule has 22 heavy (non-hydrogen) atoms. The van der Waals surface area contributed by atoms with Gasteiger partial charge in [-0.2, -0.15) is 0 Å². The maximum Gasteiger partial charge on any atom is 0.223 e. The van der Waals surface area contributed by atoms with Crippen LogP contribution in [0.25, 0.3) is 0 Å². The molecule has 1 atom stereocenters. The molecule has 2 saturated heterocycles.